The molecule has 2 aromatic heterocycles. The average molecular weight is 261 g/mol. The fraction of sp³-hybridized carbons (Fsp3) is 0.231. The third-order valence-electron chi connectivity index (χ3n) is 2.65. The van der Waals surface area contributed by atoms with Crippen molar-refractivity contribution in [2.75, 3.05) is 0 Å². The quantitative estimate of drug-likeness (QED) is 0.677. The minimum absolute atomic E-state index is 0.154. The van der Waals surface area contributed by atoms with E-state index < -0.39 is 0 Å². The highest BCUT2D eigenvalue weighted by Gasteiger charge is 2.09. The minimum atomic E-state index is 0.154. The zero-order valence-electron chi connectivity index (χ0n) is 9.97. The van der Waals surface area contributed by atoms with E-state index in [0.29, 0.717) is 11.6 Å². The van der Waals surface area contributed by atoms with Crippen LogP contribution in [0.1, 0.15) is 25.1 Å². The summed E-state index contributed by atoms with van der Waals surface area (Å²) in [5, 5.41) is 7.53. The lowest BCUT2D eigenvalue weighted by Crippen LogP contribution is -2.01. The first-order chi connectivity index (χ1) is 8.72. The number of nitrogens with zero attached hydrogens (tertiary/aromatic N) is 3. The molecule has 18 heavy (non-hydrogen) atoms. The van der Waals surface area contributed by atoms with Crippen molar-refractivity contribution in [2.24, 2.45) is 0 Å². The molecule has 1 atom stereocenters. The molecule has 2 aromatic rings. The van der Waals surface area contributed by atoms with Gasteiger partial charge in [-0.3, -0.25) is 0 Å². The van der Waals surface area contributed by atoms with Crippen LogP contribution in [0.2, 0.25) is 5.15 Å². The van der Waals surface area contributed by atoms with Gasteiger partial charge in [0.25, 0.3) is 0 Å². The molecule has 2 rings (SSSR count). The first-order valence-electron chi connectivity index (χ1n) is 5.64. The molecule has 0 saturated carbocycles. The Morgan fingerprint density at radius 1 is 1.33 bits per heavy atom. The van der Waals surface area contributed by atoms with Gasteiger partial charge in [0, 0.05) is 35.6 Å². The van der Waals surface area contributed by atoms with Gasteiger partial charge in [0.15, 0.2) is 0 Å². The van der Waals surface area contributed by atoms with Crippen LogP contribution in [-0.4, -0.2) is 21.2 Å². The van der Waals surface area contributed by atoms with E-state index in [1.807, 2.05) is 19.1 Å². The number of hydrogen-bond donors (Lipinski definition) is 1. The summed E-state index contributed by atoms with van der Waals surface area (Å²) in [5.74, 6) is 0.892. The summed E-state index contributed by atoms with van der Waals surface area (Å²) in [6.45, 7) is 2.00. The van der Waals surface area contributed by atoms with Gasteiger partial charge >= 0.3 is 0 Å². The van der Waals surface area contributed by atoms with Gasteiger partial charge in [-0.15, -0.1) is 0 Å². The maximum Gasteiger partial charge on any atom is 0.136 e. The van der Waals surface area contributed by atoms with E-state index >= 15 is 0 Å². The van der Waals surface area contributed by atoms with Gasteiger partial charge in [0.2, 0.25) is 0 Å². The van der Waals surface area contributed by atoms with E-state index in [0.717, 1.165) is 17.0 Å². The first-order valence-corrected chi connectivity index (χ1v) is 6.02. The molecule has 0 aliphatic heterocycles. The van der Waals surface area contributed by atoms with E-state index in [4.69, 9.17) is 17.0 Å². The Balaban J connectivity index is 2.28. The molecule has 0 aliphatic carbocycles. The Morgan fingerprint density at radius 2 is 2.06 bits per heavy atom. The highest BCUT2D eigenvalue weighted by molar-refractivity contribution is 6.32. The summed E-state index contributed by atoms with van der Waals surface area (Å²) in [4.78, 5) is 12.7. The SMILES string of the molecule is CC(CC=N)c1ncc(-c2cccnc2Cl)cn1. The van der Waals surface area contributed by atoms with Gasteiger partial charge < -0.3 is 5.41 Å². The molecule has 2 heterocycles. The van der Waals surface area contributed by atoms with Crippen molar-refractivity contribution in [3.05, 3.63) is 41.7 Å². The molecule has 5 heteroatoms. The second-order valence-electron chi connectivity index (χ2n) is 4.01. The Hall–Kier alpha value is -1.81. The second-order valence-corrected chi connectivity index (χ2v) is 4.37. The maximum atomic E-state index is 7.08. The fourth-order valence-corrected chi connectivity index (χ4v) is 1.84. The minimum Gasteiger partial charge on any atom is -0.313 e. The average Bonchev–Trinajstić information content (AvgIpc) is 2.40. The third-order valence-corrected chi connectivity index (χ3v) is 2.96. The smallest absolute Gasteiger partial charge is 0.136 e. The van der Waals surface area contributed by atoms with E-state index in [2.05, 4.69) is 15.0 Å². The van der Waals surface area contributed by atoms with Gasteiger partial charge in [-0.25, -0.2) is 15.0 Å². The first kappa shape index (κ1) is 12.6. The molecule has 0 aromatic carbocycles. The van der Waals surface area contributed by atoms with Crippen LogP contribution in [-0.2, 0) is 0 Å². The van der Waals surface area contributed by atoms with Crippen molar-refractivity contribution >= 4 is 17.8 Å². The fourth-order valence-electron chi connectivity index (χ4n) is 1.62. The van der Waals surface area contributed by atoms with Gasteiger partial charge in [-0.2, -0.15) is 0 Å². The Labute approximate surface area is 111 Å². The molecule has 0 saturated heterocycles. The van der Waals surface area contributed by atoms with Crippen molar-refractivity contribution in [1.82, 2.24) is 15.0 Å². The number of halogens is 1. The monoisotopic (exact) mass is 260 g/mol. The predicted octanol–water partition coefficient (Wildman–Crippen LogP) is 3.34. The highest BCUT2D eigenvalue weighted by Crippen LogP contribution is 2.25. The van der Waals surface area contributed by atoms with Gasteiger partial charge in [-0.1, -0.05) is 18.5 Å². The summed E-state index contributed by atoms with van der Waals surface area (Å²) < 4.78 is 0. The lowest BCUT2D eigenvalue weighted by molar-refractivity contribution is 0.736. The summed E-state index contributed by atoms with van der Waals surface area (Å²) in [6.07, 6.45) is 7.15. The van der Waals surface area contributed by atoms with Crippen LogP contribution in [0.3, 0.4) is 0 Å². The number of aromatic nitrogens is 3. The molecular weight excluding hydrogens is 248 g/mol. The molecule has 0 fully saturated rings. The second kappa shape index (κ2) is 5.69. The summed E-state index contributed by atoms with van der Waals surface area (Å²) in [7, 11) is 0. The van der Waals surface area contributed by atoms with Crippen molar-refractivity contribution in [3.63, 3.8) is 0 Å². The van der Waals surface area contributed by atoms with E-state index in [1.54, 1.807) is 18.6 Å². The molecular formula is C13H13ClN4. The number of rotatable bonds is 4. The Bertz CT molecular complexity index is 539. The van der Waals surface area contributed by atoms with Crippen molar-refractivity contribution in [2.45, 2.75) is 19.3 Å². The van der Waals surface area contributed by atoms with Gasteiger partial charge in [0.05, 0.1) is 0 Å². The van der Waals surface area contributed by atoms with E-state index in [9.17, 15) is 0 Å². The zero-order chi connectivity index (χ0) is 13.0. The molecule has 1 unspecified atom stereocenters. The summed E-state index contributed by atoms with van der Waals surface area (Å²) in [5.41, 5.74) is 1.67. The van der Waals surface area contributed by atoms with Gasteiger partial charge in [-0.05, 0) is 24.8 Å². The number of hydrogen-bond acceptors (Lipinski definition) is 4. The molecule has 0 amide bonds. The summed E-state index contributed by atoms with van der Waals surface area (Å²) >= 11 is 6.01. The summed E-state index contributed by atoms with van der Waals surface area (Å²) in [6, 6.07) is 3.71. The van der Waals surface area contributed by atoms with Crippen LogP contribution in [0.5, 0.6) is 0 Å². The van der Waals surface area contributed by atoms with Gasteiger partial charge in [0.1, 0.15) is 11.0 Å². The van der Waals surface area contributed by atoms with Crippen LogP contribution >= 0.6 is 11.6 Å². The van der Waals surface area contributed by atoms with Crippen LogP contribution in [0, 0.1) is 5.41 Å². The van der Waals surface area contributed by atoms with Crippen LogP contribution < -0.4 is 0 Å². The zero-order valence-corrected chi connectivity index (χ0v) is 10.7. The highest BCUT2D eigenvalue weighted by atomic mass is 35.5. The molecule has 0 aliphatic rings. The molecule has 92 valence electrons. The lowest BCUT2D eigenvalue weighted by atomic mass is 10.1. The molecule has 0 bridgehead atoms. The van der Waals surface area contributed by atoms with E-state index in [-0.39, 0.29) is 5.92 Å². The standard InChI is InChI=1S/C13H13ClN4/c1-9(4-5-15)13-17-7-10(8-18-13)11-3-2-6-16-12(11)14/h2-3,5-9,15H,4H2,1H3. The normalized spacial score (nSPS) is 12.1. The Kier molecular flexibility index (Phi) is 3.99. The largest absolute Gasteiger partial charge is 0.313 e. The Morgan fingerprint density at radius 3 is 2.67 bits per heavy atom. The lowest BCUT2D eigenvalue weighted by Gasteiger charge is -2.08. The predicted molar refractivity (Wildman–Crippen MR) is 72.1 cm³/mol. The van der Waals surface area contributed by atoms with Crippen LogP contribution in [0.15, 0.2) is 30.7 Å². The maximum absolute atomic E-state index is 7.08. The molecule has 1 N–H and O–H groups in total. The topological polar surface area (TPSA) is 62.5 Å². The molecule has 0 radical (unpaired) electrons. The van der Waals surface area contributed by atoms with Crippen LogP contribution in [0.25, 0.3) is 11.1 Å². The van der Waals surface area contributed by atoms with Crippen molar-refractivity contribution < 1.29 is 0 Å². The molecule has 4 nitrogen and oxygen atoms in total. The number of nitrogens with one attached hydrogen (secondary N) is 1. The third kappa shape index (κ3) is 2.71. The van der Waals surface area contributed by atoms with Crippen molar-refractivity contribution in [1.29, 1.82) is 5.41 Å². The van der Waals surface area contributed by atoms with Crippen molar-refractivity contribution in [3.8, 4) is 11.1 Å². The molecule has 0 spiro atoms. The van der Waals surface area contributed by atoms with E-state index in [1.165, 1.54) is 6.21 Å². The van der Waals surface area contributed by atoms with Crippen LogP contribution in [0.4, 0.5) is 0 Å². The number of pyridine rings is 1.